The van der Waals surface area contributed by atoms with E-state index < -0.39 is 5.60 Å². The van der Waals surface area contributed by atoms with Crippen LogP contribution < -0.4 is 5.32 Å². The second-order valence-electron chi connectivity index (χ2n) is 10.5. The van der Waals surface area contributed by atoms with Crippen LogP contribution in [-0.2, 0) is 10.4 Å². The van der Waals surface area contributed by atoms with Crippen molar-refractivity contribution >= 4 is 33.6 Å². The Morgan fingerprint density at radius 2 is 2.03 bits per heavy atom. The van der Waals surface area contributed by atoms with Crippen LogP contribution in [0.4, 0.5) is 5.82 Å². The van der Waals surface area contributed by atoms with Gasteiger partial charge in [0.05, 0.1) is 5.56 Å². The molecule has 186 valence electrons. The average molecular weight is 486 g/mol. The van der Waals surface area contributed by atoms with Crippen molar-refractivity contribution < 1.29 is 14.3 Å². The molecule has 3 aromatic heterocycles. The van der Waals surface area contributed by atoms with Crippen molar-refractivity contribution in [3.8, 4) is 11.5 Å². The van der Waals surface area contributed by atoms with E-state index in [1.807, 2.05) is 31.2 Å². The van der Waals surface area contributed by atoms with Gasteiger partial charge in [-0.1, -0.05) is 6.07 Å². The number of piperidine rings is 1. The molecule has 4 heterocycles. The number of benzene rings is 1. The first-order valence-corrected chi connectivity index (χ1v) is 12.7. The third kappa shape index (κ3) is 4.14. The van der Waals surface area contributed by atoms with E-state index >= 15 is 0 Å². The molecule has 1 aliphatic heterocycles. The Balaban J connectivity index is 1.38. The smallest absolute Gasteiger partial charge is 0.229 e. The van der Waals surface area contributed by atoms with Crippen molar-refractivity contribution in [3.63, 3.8) is 0 Å². The molecule has 1 atom stereocenters. The lowest BCUT2D eigenvalue weighted by atomic mass is 9.85. The summed E-state index contributed by atoms with van der Waals surface area (Å²) in [5.41, 5.74) is 2.88. The standard InChI is InChI=1S/C28H31N5O3/c1-16(2)33-10-4-9-28(35,15-33)19-7-8-24-23(11-19)31-27(36-24)22-14-29-17(3)21-13-30-25(12-20(21)22)32-26(34)18-5-6-18/h7-8,11-14,16,18,35H,4-6,9-10,15H2,1-3H3,(H,30,32,34)/t28-/m1/s1. The van der Waals surface area contributed by atoms with Gasteiger partial charge in [-0.25, -0.2) is 9.97 Å². The molecule has 0 spiro atoms. The zero-order valence-electron chi connectivity index (χ0n) is 20.9. The summed E-state index contributed by atoms with van der Waals surface area (Å²) in [5.74, 6) is 1.07. The number of anilines is 1. The van der Waals surface area contributed by atoms with Crippen molar-refractivity contribution in [2.75, 3.05) is 18.4 Å². The lowest BCUT2D eigenvalue weighted by Gasteiger charge is -2.41. The minimum Gasteiger partial charge on any atom is -0.436 e. The van der Waals surface area contributed by atoms with Gasteiger partial charge in [0.15, 0.2) is 5.58 Å². The van der Waals surface area contributed by atoms with Gasteiger partial charge in [-0.2, -0.15) is 0 Å². The molecule has 8 nitrogen and oxygen atoms in total. The SMILES string of the molecule is Cc1ncc(-c2nc3cc([C@@]4(O)CCCN(C(C)C)C4)ccc3o2)c2cc(NC(=O)C3CC3)ncc12. The maximum absolute atomic E-state index is 12.3. The number of hydrogen-bond acceptors (Lipinski definition) is 7. The third-order valence-electron chi connectivity index (χ3n) is 7.56. The van der Waals surface area contributed by atoms with E-state index in [4.69, 9.17) is 9.40 Å². The lowest BCUT2D eigenvalue weighted by Crippen LogP contribution is -2.48. The van der Waals surface area contributed by atoms with Gasteiger partial charge in [-0.05, 0) is 76.8 Å². The van der Waals surface area contributed by atoms with Gasteiger partial charge in [0.2, 0.25) is 11.8 Å². The van der Waals surface area contributed by atoms with Crippen LogP contribution in [0.15, 0.2) is 41.1 Å². The van der Waals surface area contributed by atoms with Crippen molar-refractivity contribution in [1.29, 1.82) is 0 Å². The number of aliphatic hydroxyl groups is 1. The van der Waals surface area contributed by atoms with Crippen LogP contribution in [0, 0.1) is 12.8 Å². The summed E-state index contributed by atoms with van der Waals surface area (Å²) in [6, 6.07) is 8.03. The molecule has 0 radical (unpaired) electrons. The molecule has 0 unspecified atom stereocenters. The number of aromatic nitrogens is 3. The predicted octanol–water partition coefficient (Wildman–Crippen LogP) is 4.79. The molecule has 1 saturated carbocycles. The summed E-state index contributed by atoms with van der Waals surface area (Å²) in [6.07, 6.45) is 7.04. The Morgan fingerprint density at radius 3 is 2.81 bits per heavy atom. The number of β-amino-alcohol motifs (C(OH)–C–C–N with tert-alkyl or cyclic N) is 1. The summed E-state index contributed by atoms with van der Waals surface area (Å²) >= 11 is 0. The topological polar surface area (TPSA) is 104 Å². The van der Waals surface area contributed by atoms with Crippen molar-refractivity contribution in [3.05, 3.63) is 47.9 Å². The molecule has 4 aromatic rings. The number of nitrogens with zero attached hydrogens (tertiary/aromatic N) is 4. The van der Waals surface area contributed by atoms with Crippen molar-refractivity contribution in [1.82, 2.24) is 19.9 Å². The molecular weight excluding hydrogens is 454 g/mol. The number of carbonyl (C=O) groups excluding carboxylic acids is 1. The monoisotopic (exact) mass is 485 g/mol. The summed E-state index contributed by atoms with van der Waals surface area (Å²) in [4.78, 5) is 28.4. The number of hydrogen-bond donors (Lipinski definition) is 2. The second kappa shape index (κ2) is 8.64. The molecule has 2 N–H and O–H groups in total. The molecule has 0 bridgehead atoms. The van der Waals surface area contributed by atoms with Gasteiger partial charge < -0.3 is 14.8 Å². The van der Waals surface area contributed by atoms with Gasteiger partial charge in [-0.3, -0.25) is 14.7 Å². The van der Waals surface area contributed by atoms with Gasteiger partial charge in [0.25, 0.3) is 0 Å². The normalized spacial score (nSPS) is 20.9. The van der Waals surface area contributed by atoms with Gasteiger partial charge in [-0.15, -0.1) is 0 Å². The van der Waals surface area contributed by atoms with Gasteiger partial charge in [0.1, 0.15) is 16.9 Å². The molecule has 1 amide bonds. The molecule has 8 heteroatoms. The molecular formula is C28H31N5O3. The minimum atomic E-state index is -0.908. The van der Waals surface area contributed by atoms with E-state index in [0.717, 1.165) is 59.8 Å². The highest BCUT2D eigenvalue weighted by Gasteiger charge is 2.36. The Hall–Kier alpha value is -3.36. The average Bonchev–Trinajstić information content (AvgIpc) is 3.63. The maximum atomic E-state index is 12.3. The Labute approximate surface area is 209 Å². The van der Waals surface area contributed by atoms with E-state index in [1.165, 1.54) is 0 Å². The number of carbonyl (C=O) groups is 1. The predicted molar refractivity (Wildman–Crippen MR) is 138 cm³/mol. The molecule has 1 saturated heterocycles. The summed E-state index contributed by atoms with van der Waals surface area (Å²) in [5, 5.41) is 16.2. The second-order valence-corrected chi connectivity index (χ2v) is 10.5. The van der Waals surface area contributed by atoms with Crippen molar-refractivity contribution in [2.45, 2.75) is 58.1 Å². The zero-order chi connectivity index (χ0) is 25.0. The number of rotatable bonds is 5. The van der Waals surface area contributed by atoms with Crippen LogP contribution in [0.3, 0.4) is 0 Å². The van der Waals surface area contributed by atoms with E-state index in [1.54, 1.807) is 12.4 Å². The summed E-state index contributed by atoms with van der Waals surface area (Å²) < 4.78 is 6.15. The molecule has 1 aliphatic carbocycles. The van der Waals surface area contributed by atoms with Crippen LogP contribution in [0.2, 0.25) is 0 Å². The van der Waals surface area contributed by atoms with Crippen LogP contribution >= 0.6 is 0 Å². The number of pyridine rings is 2. The van der Waals surface area contributed by atoms with Crippen LogP contribution in [0.5, 0.6) is 0 Å². The highest BCUT2D eigenvalue weighted by Crippen LogP contribution is 2.37. The molecule has 36 heavy (non-hydrogen) atoms. The van der Waals surface area contributed by atoms with E-state index in [9.17, 15) is 9.90 Å². The number of oxazole rings is 1. The summed E-state index contributed by atoms with van der Waals surface area (Å²) in [7, 11) is 0. The first-order chi connectivity index (χ1) is 17.3. The van der Waals surface area contributed by atoms with E-state index in [-0.39, 0.29) is 11.8 Å². The quantitative estimate of drug-likeness (QED) is 0.419. The third-order valence-corrected chi connectivity index (χ3v) is 7.56. The first-order valence-electron chi connectivity index (χ1n) is 12.7. The number of nitrogens with one attached hydrogen (secondary N) is 1. The largest absolute Gasteiger partial charge is 0.436 e. The fourth-order valence-corrected chi connectivity index (χ4v) is 5.16. The Kier molecular flexibility index (Phi) is 5.53. The molecule has 1 aromatic carbocycles. The first kappa shape index (κ1) is 23.1. The molecule has 2 aliphatic rings. The lowest BCUT2D eigenvalue weighted by molar-refractivity contribution is -0.117. The van der Waals surface area contributed by atoms with Crippen LogP contribution in [-0.4, -0.2) is 50.0 Å². The van der Waals surface area contributed by atoms with Crippen molar-refractivity contribution in [2.24, 2.45) is 5.92 Å². The molecule has 2 fully saturated rings. The Morgan fingerprint density at radius 1 is 1.19 bits per heavy atom. The number of likely N-dealkylation sites (tertiary alicyclic amines) is 1. The highest BCUT2D eigenvalue weighted by molar-refractivity contribution is 6.00. The van der Waals surface area contributed by atoms with Gasteiger partial charge >= 0.3 is 0 Å². The van der Waals surface area contributed by atoms with Gasteiger partial charge in [0, 0.05) is 47.4 Å². The van der Waals surface area contributed by atoms with Crippen LogP contribution in [0.25, 0.3) is 33.3 Å². The summed E-state index contributed by atoms with van der Waals surface area (Å²) in [6.45, 7) is 7.87. The maximum Gasteiger partial charge on any atom is 0.229 e. The minimum absolute atomic E-state index is 0.0141. The number of aryl methyl sites for hydroxylation is 1. The van der Waals surface area contributed by atoms with E-state index in [2.05, 4.69) is 34.0 Å². The fourth-order valence-electron chi connectivity index (χ4n) is 5.16. The Bertz CT molecular complexity index is 1480. The fraction of sp³-hybridized carbons (Fsp3) is 0.429. The number of amides is 1. The molecule has 6 rings (SSSR count). The van der Waals surface area contributed by atoms with Crippen LogP contribution in [0.1, 0.15) is 50.8 Å². The number of fused-ring (bicyclic) bond motifs is 2. The highest BCUT2D eigenvalue weighted by atomic mass is 16.3. The van der Waals surface area contributed by atoms with E-state index in [0.29, 0.717) is 35.4 Å². The zero-order valence-corrected chi connectivity index (χ0v) is 20.9.